The van der Waals surface area contributed by atoms with Crippen molar-refractivity contribution < 1.29 is 13.9 Å². The molecule has 92 valence electrons. The molecular formula is C12H21NO3. The van der Waals surface area contributed by atoms with Crippen LogP contribution in [0.5, 0.6) is 0 Å². The molecular weight excluding hydrogens is 206 g/mol. The lowest BCUT2D eigenvalue weighted by Crippen LogP contribution is -2.26. The number of furan rings is 1. The van der Waals surface area contributed by atoms with E-state index in [-0.39, 0.29) is 0 Å². The maximum absolute atomic E-state index is 5.56. The summed E-state index contributed by atoms with van der Waals surface area (Å²) in [5.74, 6) is 1.81. The lowest BCUT2D eigenvalue weighted by molar-refractivity contribution is 0.162. The van der Waals surface area contributed by atoms with Crippen molar-refractivity contribution in [1.82, 2.24) is 5.32 Å². The largest absolute Gasteiger partial charge is 0.462 e. The Bertz CT molecular complexity index is 286. The average Bonchev–Trinajstić information content (AvgIpc) is 2.72. The van der Waals surface area contributed by atoms with Gasteiger partial charge in [-0.15, -0.1) is 0 Å². The molecule has 0 aliphatic carbocycles. The fraction of sp³-hybridized carbons (Fsp3) is 0.667. The molecule has 1 atom stereocenters. The molecule has 1 N–H and O–H groups in total. The van der Waals surface area contributed by atoms with Gasteiger partial charge in [-0.25, -0.2) is 0 Å². The van der Waals surface area contributed by atoms with Crippen molar-refractivity contribution in [2.75, 3.05) is 20.8 Å². The van der Waals surface area contributed by atoms with E-state index >= 15 is 0 Å². The summed E-state index contributed by atoms with van der Waals surface area (Å²) in [6.45, 7) is 4.19. The fourth-order valence-corrected chi connectivity index (χ4v) is 1.41. The topological polar surface area (TPSA) is 43.6 Å². The standard InChI is InChI=1S/C12H21NO3/c1-10(6-7-14-2)13-8-11-4-5-12(16-11)9-15-3/h4-5,10,13H,6-9H2,1-3H3. The van der Waals surface area contributed by atoms with Crippen molar-refractivity contribution in [2.45, 2.75) is 32.5 Å². The quantitative estimate of drug-likeness (QED) is 0.737. The summed E-state index contributed by atoms with van der Waals surface area (Å²) in [4.78, 5) is 0. The monoisotopic (exact) mass is 227 g/mol. The summed E-state index contributed by atoms with van der Waals surface area (Å²) in [5.41, 5.74) is 0. The maximum atomic E-state index is 5.56. The van der Waals surface area contributed by atoms with Crippen LogP contribution in [0.25, 0.3) is 0 Å². The van der Waals surface area contributed by atoms with Crippen LogP contribution in [0.3, 0.4) is 0 Å². The molecule has 0 aromatic carbocycles. The number of methoxy groups -OCH3 is 2. The van der Waals surface area contributed by atoms with Crippen molar-refractivity contribution in [3.63, 3.8) is 0 Å². The predicted molar refractivity (Wildman–Crippen MR) is 62.2 cm³/mol. The minimum Gasteiger partial charge on any atom is -0.462 e. The molecule has 1 unspecified atom stereocenters. The van der Waals surface area contributed by atoms with E-state index in [1.54, 1.807) is 14.2 Å². The molecule has 1 heterocycles. The van der Waals surface area contributed by atoms with Crippen molar-refractivity contribution in [3.05, 3.63) is 23.7 Å². The third-order valence-electron chi connectivity index (χ3n) is 2.38. The molecule has 16 heavy (non-hydrogen) atoms. The summed E-state index contributed by atoms with van der Waals surface area (Å²) in [6, 6.07) is 4.35. The Balaban J connectivity index is 2.25. The molecule has 1 rings (SSSR count). The van der Waals surface area contributed by atoms with Crippen LogP contribution < -0.4 is 5.32 Å². The van der Waals surface area contributed by atoms with Crippen LogP contribution in [0.1, 0.15) is 24.9 Å². The summed E-state index contributed by atoms with van der Waals surface area (Å²) in [7, 11) is 3.38. The zero-order chi connectivity index (χ0) is 11.8. The molecule has 0 aliphatic rings. The van der Waals surface area contributed by atoms with Crippen LogP contribution in [0, 0.1) is 0 Å². The van der Waals surface area contributed by atoms with Gasteiger partial charge in [0.1, 0.15) is 18.1 Å². The highest BCUT2D eigenvalue weighted by molar-refractivity contribution is 5.06. The minimum atomic E-state index is 0.427. The molecule has 4 nitrogen and oxygen atoms in total. The Labute approximate surface area is 96.9 Å². The van der Waals surface area contributed by atoms with Crippen molar-refractivity contribution in [2.24, 2.45) is 0 Å². The van der Waals surface area contributed by atoms with Crippen LogP contribution in [0.2, 0.25) is 0 Å². The molecule has 0 saturated heterocycles. The summed E-state index contributed by atoms with van der Waals surface area (Å²) < 4.78 is 15.6. The van der Waals surface area contributed by atoms with E-state index in [4.69, 9.17) is 13.9 Å². The molecule has 1 aromatic rings. The minimum absolute atomic E-state index is 0.427. The van der Waals surface area contributed by atoms with Gasteiger partial charge in [0.2, 0.25) is 0 Å². The SMILES string of the molecule is COCCC(C)NCc1ccc(COC)o1. The Morgan fingerprint density at radius 2 is 2.00 bits per heavy atom. The highest BCUT2D eigenvalue weighted by atomic mass is 16.5. The van der Waals surface area contributed by atoms with Gasteiger partial charge in [0, 0.05) is 26.9 Å². The second-order valence-corrected chi connectivity index (χ2v) is 3.86. The summed E-state index contributed by atoms with van der Waals surface area (Å²) >= 11 is 0. The Morgan fingerprint density at radius 3 is 2.69 bits per heavy atom. The molecule has 0 bridgehead atoms. The number of hydrogen-bond acceptors (Lipinski definition) is 4. The second-order valence-electron chi connectivity index (χ2n) is 3.86. The molecule has 4 heteroatoms. The maximum Gasteiger partial charge on any atom is 0.129 e. The zero-order valence-corrected chi connectivity index (χ0v) is 10.3. The van der Waals surface area contributed by atoms with Gasteiger partial charge in [-0.2, -0.15) is 0 Å². The van der Waals surface area contributed by atoms with Crippen LogP contribution in [0.15, 0.2) is 16.5 Å². The fourth-order valence-electron chi connectivity index (χ4n) is 1.41. The van der Waals surface area contributed by atoms with Crippen molar-refractivity contribution in [1.29, 1.82) is 0 Å². The van der Waals surface area contributed by atoms with Gasteiger partial charge in [-0.1, -0.05) is 0 Å². The number of ether oxygens (including phenoxy) is 2. The van der Waals surface area contributed by atoms with Gasteiger partial charge in [0.15, 0.2) is 0 Å². The third kappa shape index (κ3) is 4.79. The lowest BCUT2D eigenvalue weighted by atomic mass is 10.2. The number of rotatable bonds is 8. The molecule has 0 fully saturated rings. The molecule has 0 amide bonds. The van der Waals surface area contributed by atoms with Crippen LogP contribution in [-0.4, -0.2) is 26.9 Å². The molecule has 0 spiro atoms. The van der Waals surface area contributed by atoms with Gasteiger partial charge >= 0.3 is 0 Å². The smallest absolute Gasteiger partial charge is 0.129 e. The van der Waals surface area contributed by atoms with E-state index in [9.17, 15) is 0 Å². The molecule has 0 aliphatic heterocycles. The molecule has 1 aromatic heterocycles. The van der Waals surface area contributed by atoms with Crippen molar-refractivity contribution >= 4 is 0 Å². The van der Waals surface area contributed by atoms with Crippen molar-refractivity contribution in [3.8, 4) is 0 Å². The predicted octanol–water partition coefficient (Wildman–Crippen LogP) is 1.94. The molecule has 0 radical (unpaired) electrons. The van der Waals surface area contributed by atoms with E-state index in [2.05, 4.69) is 12.2 Å². The van der Waals surface area contributed by atoms with E-state index in [0.717, 1.165) is 31.1 Å². The van der Waals surface area contributed by atoms with E-state index in [0.29, 0.717) is 12.6 Å². The van der Waals surface area contributed by atoms with Gasteiger partial charge < -0.3 is 19.2 Å². The summed E-state index contributed by atoms with van der Waals surface area (Å²) in [5, 5.41) is 3.37. The third-order valence-corrected chi connectivity index (χ3v) is 2.38. The van der Waals surface area contributed by atoms with Gasteiger partial charge in [-0.3, -0.25) is 0 Å². The van der Waals surface area contributed by atoms with Crippen LogP contribution in [-0.2, 0) is 22.6 Å². The Morgan fingerprint density at radius 1 is 1.25 bits per heavy atom. The zero-order valence-electron chi connectivity index (χ0n) is 10.3. The first-order valence-corrected chi connectivity index (χ1v) is 5.55. The van der Waals surface area contributed by atoms with Gasteiger partial charge in [-0.05, 0) is 25.5 Å². The first kappa shape index (κ1) is 13.2. The average molecular weight is 227 g/mol. The number of nitrogens with one attached hydrogen (secondary N) is 1. The first-order valence-electron chi connectivity index (χ1n) is 5.55. The Kier molecular flexibility index (Phi) is 6.15. The van der Waals surface area contributed by atoms with Gasteiger partial charge in [0.25, 0.3) is 0 Å². The number of hydrogen-bond donors (Lipinski definition) is 1. The van der Waals surface area contributed by atoms with E-state index in [1.807, 2.05) is 12.1 Å². The highest BCUT2D eigenvalue weighted by Gasteiger charge is 2.04. The van der Waals surface area contributed by atoms with Gasteiger partial charge in [0.05, 0.1) is 6.54 Å². The van der Waals surface area contributed by atoms with E-state index < -0.39 is 0 Å². The summed E-state index contributed by atoms with van der Waals surface area (Å²) in [6.07, 6.45) is 1.00. The lowest BCUT2D eigenvalue weighted by Gasteiger charge is -2.11. The highest BCUT2D eigenvalue weighted by Crippen LogP contribution is 2.08. The second kappa shape index (κ2) is 7.44. The molecule has 0 saturated carbocycles. The van der Waals surface area contributed by atoms with Crippen LogP contribution in [0.4, 0.5) is 0 Å². The first-order chi connectivity index (χ1) is 7.76. The van der Waals surface area contributed by atoms with E-state index in [1.165, 1.54) is 0 Å². The normalized spacial score (nSPS) is 12.9. The van der Waals surface area contributed by atoms with Crippen LogP contribution >= 0.6 is 0 Å². The Hall–Kier alpha value is -0.840.